The van der Waals surface area contributed by atoms with Gasteiger partial charge in [-0.3, -0.25) is 4.79 Å². The van der Waals surface area contributed by atoms with E-state index in [0.717, 1.165) is 27.8 Å². The highest BCUT2D eigenvalue weighted by Crippen LogP contribution is 2.32. The van der Waals surface area contributed by atoms with Crippen LogP contribution < -0.4 is 5.32 Å². The highest BCUT2D eigenvalue weighted by atomic mass is 35.5. The van der Waals surface area contributed by atoms with Crippen LogP contribution in [0.3, 0.4) is 0 Å². The van der Waals surface area contributed by atoms with E-state index in [1.807, 2.05) is 73.7 Å². The van der Waals surface area contributed by atoms with Crippen molar-refractivity contribution in [3.8, 4) is 11.1 Å². The molecule has 4 rings (SSSR count). The standard InChI is InChI=1S/C22H16ClNO2/c1-14-16-11-7-12-18(23)21(16)26-20(14)22(25)24-19-13-6-5-10-17(19)15-8-3-2-4-9-15/h2-13H,1H3,(H,24,25). The van der Waals surface area contributed by atoms with Gasteiger partial charge in [0.1, 0.15) is 0 Å². The maximum Gasteiger partial charge on any atom is 0.291 e. The second-order valence-corrected chi connectivity index (χ2v) is 6.45. The lowest BCUT2D eigenvalue weighted by atomic mass is 10.0. The van der Waals surface area contributed by atoms with Crippen LogP contribution in [0, 0.1) is 6.92 Å². The van der Waals surface area contributed by atoms with Crippen molar-refractivity contribution in [2.75, 3.05) is 5.32 Å². The molecule has 0 saturated carbocycles. The minimum atomic E-state index is -0.293. The molecule has 0 aliphatic carbocycles. The van der Waals surface area contributed by atoms with Crippen LogP contribution in [-0.4, -0.2) is 5.91 Å². The second kappa shape index (κ2) is 6.70. The number of aryl methyl sites for hydroxylation is 1. The van der Waals surface area contributed by atoms with Crippen molar-refractivity contribution >= 4 is 34.2 Å². The van der Waals surface area contributed by atoms with Gasteiger partial charge in [0.25, 0.3) is 5.91 Å². The Kier molecular flexibility index (Phi) is 4.23. The fourth-order valence-electron chi connectivity index (χ4n) is 3.07. The summed E-state index contributed by atoms with van der Waals surface area (Å²) in [5.41, 5.74) is 4.03. The summed E-state index contributed by atoms with van der Waals surface area (Å²) in [6.07, 6.45) is 0. The van der Waals surface area contributed by atoms with Crippen LogP contribution >= 0.6 is 11.6 Å². The van der Waals surface area contributed by atoms with Gasteiger partial charge in [-0.15, -0.1) is 0 Å². The van der Waals surface area contributed by atoms with Crippen molar-refractivity contribution in [1.29, 1.82) is 0 Å². The molecule has 0 saturated heterocycles. The summed E-state index contributed by atoms with van der Waals surface area (Å²) < 4.78 is 5.77. The van der Waals surface area contributed by atoms with E-state index in [4.69, 9.17) is 16.0 Å². The summed E-state index contributed by atoms with van der Waals surface area (Å²) in [7, 11) is 0. The van der Waals surface area contributed by atoms with E-state index in [9.17, 15) is 4.79 Å². The predicted molar refractivity (Wildman–Crippen MR) is 106 cm³/mol. The first kappa shape index (κ1) is 16.4. The van der Waals surface area contributed by atoms with Gasteiger partial charge in [0.05, 0.1) is 5.02 Å². The Morgan fingerprint density at radius 3 is 2.42 bits per heavy atom. The molecular formula is C22H16ClNO2. The van der Waals surface area contributed by atoms with Gasteiger partial charge < -0.3 is 9.73 Å². The summed E-state index contributed by atoms with van der Waals surface area (Å²) in [5, 5.41) is 4.31. The Morgan fingerprint density at radius 2 is 1.65 bits per heavy atom. The van der Waals surface area contributed by atoms with Crippen molar-refractivity contribution in [3.63, 3.8) is 0 Å². The third-order valence-corrected chi connectivity index (χ3v) is 4.68. The van der Waals surface area contributed by atoms with E-state index < -0.39 is 0 Å². The monoisotopic (exact) mass is 361 g/mol. The van der Waals surface area contributed by atoms with E-state index in [1.165, 1.54) is 0 Å². The minimum Gasteiger partial charge on any atom is -0.449 e. The molecule has 3 aromatic carbocycles. The average molecular weight is 362 g/mol. The first-order chi connectivity index (χ1) is 12.6. The Hall–Kier alpha value is -3.04. The number of hydrogen-bond donors (Lipinski definition) is 1. The molecule has 128 valence electrons. The first-order valence-corrected chi connectivity index (χ1v) is 8.66. The van der Waals surface area contributed by atoms with E-state index in [2.05, 4.69) is 5.32 Å². The summed E-state index contributed by atoms with van der Waals surface area (Å²) in [6.45, 7) is 1.86. The summed E-state index contributed by atoms with van der Waals surface area (Å²) in [5.74, 6) is -0.0193. The zero-order chi connectivity index (χ0) is 18.1. The molecule has 1 heterocycles. The quantitative estimate of drug-likeness (QED) is 0.464. The maximum absolute atomic E-state index is 12.9. The number of hydrogen-bond acceptors (Lipinski definition) is 2. The van der Waals surface area contributed by atoms with Crippen LogP contribution in [0.25, 0.3) is 22.1 Å². The summed E-state index contributed by atoms with van der Waals surface area (Å²) >= 11 is 6.19. The molecule has 0 unspecified atom stereocenters. The number of fused-ring (bicyclic) bond motifs is 1. The van der Waals surface area contributed by atoms with Crippen molar-refractivity contribution in [3.05, 3.63) is 89.1 Å². The Labute approximate surface area is 156 Å². The lowest BCUT2D eigenvalue weighted by molar-refractivity contribution is 0.0998. The third-order valence-electron chi connectivity index (χ3n) is 4.38. The molecule has 0 radical (unpaired) electrons. The minimum absolute atomic E-state index is 0.274. The van der Waals surface area contributed by atoms with Crippen molar-refractivity contribution in [2.45, 2.75) is 6.92 Å². The summed E-state index contributed by atoms with van der Waals surface area (Å²) in [6, 6.07) is 23.1. The highest BCUT2D eigenvalue weighted by Gasteiger charge is 2.20. The number of halogens is 1. The lowest BCUT2D eigenvalue weighted by Gasteiger charge is -2.10. The van der Waals surface area contributed by atoms with E-state index in [1.54, 1.807) is 6.07 Å². The Balaban J connectivity index is 1.72. The average Bonchev–Trinajstić information content (AvgIpc) is 3.01. The fourth-order valence-corrected chi connectivity index (χ4v) is 3.28. The predicted octanol–water partition coefficient (Wildman–Crippen LogP) is 6.31. The van der Waals surface area contributed by atoms with Crippen LogP contribution in [0.4, 0.5) is 5.69 Å². The van der Waals surface area contributed by atoms with Gasteiger partial charge in [0.15, 0.2) is 11.3 Å². The Morgan fingerprint density at radius 1 is 0.923 bits per heavy atom. The number of para-hydroxylation sites is 2. The molecular weight excluding hydrogens is 346 g/mol. The van der Waals surface area contributed by atoms with Gasteiger partial charge >= 0.3 is 0 Å². The lowest BCUT2D eigenvalue weighted by Crippen LogP contribution is -2.12. The van der Waals surface area contributed by atoms with Crippen molar-refractivity contribution in [1.82, 2.24) is 0 Å². The van der Waals surface area contributed by atoms with Crippen LogP contribution in [-0.2, 0) is 0 Å². The van der Waals surface area contributed by atoms with Crippen LogP contribution in [0.1, 0.15) is 16.1 Å². The molecule has 1 amide bonds. The van der Waals surface area contributed by atoms with Crippen molar-refractivity contribution < 1.29 is 9.21 Å². The number of benzene rings is 3. The van der Waals surface area contributed by atoms with Gasteiger partial charge in [0, 0.05) is 22.2 Å². The van der Waals surface area contributed by atoms with Gasteiger partial charge in [0.2, 0.25) is 0 Å². The van der Waals surface area contributed by atoms with E-state index >= 15 is 0 Å². The zero-order valence-electron chi connectivity index (χ0n) is 14.1. The van der Waals surface area contributed by atoms with Crippen LogP contribution in [0.15, 0.2) is 77.2 Å². The smallest absolute Gasteiger partial charge is 0.291 e. The SMILES string of the molecule is Cc1c(C(=O)Nc2ccccc2-c2ccccc2)oc2c(Cl)cccc12. The van der Waals surface area contributed by atoms with Gasteiger partial charge in [-0.25, -0.2) is 0 Å². The molecule has 3 nitrogen and oxygen atoms in total. The fraction of sp³-hybridized carbons (Fsp3) is 0.0455. The highest BCUT2D eigenvalue weighted by molar-refractivity contribution is 6.35. The van der Waals surface area contributed by atoms with Crippen molar-refractivity contribution in [2.24, 2.45) is 0 Å². The number of carbonyl (C=O) groups is 1. The van der Waals surface area contributed by atoms with Gasteiger partial charge in [-0.1, -0.05) is 72.3 Å². The normalized spacial score (nSPS) is 10.8. The third kappa shape index (κ3) is 2.87. The molecule has 0 spiro atoms. The second-order valence-electron chi connectivity index (χ2n) is 6.04. The first-order valence-electron chi connectivity index (χ1n) is 8.28. The number of anilines is 1. The number of rotatable bonds is 3. The molecule has 0 bridgehead atoms. The molecule has 0 fully saturated rings. The molecule has 0 aliphatic rings. The number of amides is 1. The van der Waals surface area contributed by atoms with Gasteiger partial charge in [-0.2, -0.15) is 0 Å². The molecule has 0 aliphatic heterocycles. The zero-order valence-corrected chi connectivity index (χ0v) is 14.9. The largest absolute Gasteiger partial charge is 0.449 e. The van der Waals surface area contributed by atoms with Gasteiger partial charge in [-0.05, 0) is 24.6 Å². The molecule has 4 heteroatoms. The Bertz CT molecular complexity index is 1100. The molecule has 1 N–H and O–H groups in total. The number of nitrogens with one attached hydrogen (secondary N) is 1. The molecule has 0 atom stereocenters. The van der Waals surface area contributed by atoms with E-state index in [-0.39, 0.29) is 11.7 Å². The van der Waals surface area contributed by atoms with Crippen LogP contribution in [0.5, 0.6) is 0 Å². The molecule has 1 aromatic heterocycles. The topological polar surface area (TPSA) is 42.2 Å². The maximum atomic E-state index is 12.9. The van der Waals surface area contributed by atoms with Crippen LogP contribution in [0.2, 0.25) is 5.02 Å². The van der Waals surface area contributed by atoms with E-state index in [0.29, 0.717) is 10.6 Å². The number of carbonyl (C=O) groups excluding carboxylic acids is 1. The number of furan rings is 1. The molecule has 26 heavy (non-hydrogen) atoms. The summed E-state index contributed by atoms with van der Waals surface area (Å²) in [4.78, 5) is 12.9. The molecule has 4 aromatic rings.